The van der Waals surface area contributed by atoms with Crippen molar-refractivity contribution in [2.24, 2.45) is 5.73 Å². The molecule has 0 aliphatic carbocycles. The van der Waals surface area contributed by atoms with Gasteiger partial charge in [0.1, 0.15) is 0 Å². The van der Waals surface area contributed by atoms with Crippen LogP contribution < -0.4 is 10.5 Å². The van der Waals surface area contributed by atoms with Crippen LogP contribution in [0.3, 0.4) is 0 Å². The van der Waals surface area contributed by atoms with Crippen LogP contribution in [0.5, 0.6) is 0 Å². The van der Waals surface area contributed by atoms with E-state index in [4.69, 9.17) is 10.3 Å². The highest BCUT2D eigenvalue weighted by Gasteiger charge is 2.13. The molecule has 108 valence electrons. The summed E-state index contributed by atoms with van der Waals surface area (Å²) in [5.74, 6) is 0.588. The topological polar surface area (TPSA) is 111 Å². The van der Waals surface area contributed by atoms with E-state index in [9.17, 15) is 8.42 Å². The minimum Gasteiger partial charge on any atom is -0.338 e. The molecule has 0 spiro atoms. The van der Waals surface area contributed by atoms with Gasteiger partial charge in [-0.1, -0.05) is 29.4 Å². The number of nitrogens with zero attached hydrogens (tertiary/aromatic N) is 2. The number of hydrogen-bond donors (Lipinski definition) is 2. The molecule has 1 aromatic heterocycles. The summed E-state index contributed by atoms with van der Waals surface area (Å²) in [6.45, 7) is 2.03. The van der Waals surface area contributed by atoms with Crippen LogP contribution in [0.15, 0.2) is 28.8 Å². The first-order valence-electron chi connectivity index (χ1n) is 6.03. The Morgan fingerprint density at radius 3 is 2.75 bits per heavy atom. The normalized spacial score (nSPS) is 11.7. The van der Waals surface area contributed by atoms with E-state index in [0.717, 1.165) is 5.56 Å². The van der Waals surface area contributed by atoms with Gasteiger partial charge in [0.25, 0.3) is 0 Å². The molecule has 0 amide bonds. The van der Waals surface area contributed by atoms with Gasteiger partial charge in [0.2, 0.25) is 15.9 Å². The second kappa shape index (κ2) is 6.12. The average molecular weight is 296 g/mol. The first kappa shape index (κ1) is 14.6. The second-order valence-electron chi connectivity index (χ2n) is 4.34. The van der Waals surface area contributed by atoms with Crippen LogP contribution in [0.25, 0.3) is 0 Å². The summed E-state index contributed by atoms with van der Waals surface area (Å²) in [6.07, 6.45) is 0. The zero-order valence-electron chi connectivity index (χ0n) is 11.0. The zero-order valence-corrected chi connectivity index (χ0v) is 11.9. The monoisotopic (exact) mass is 296 g/mol. The number of benzene rings is 1. The molecular formula is C12H16N4O3S. The number of nitrogens with two attached hydrogens (primary N) is 1. The number of rotatable bonds is 6. The minimum atomic E-state index is -3.47. The summed E-state index contributed by atoms with van der Waals surface area (Å²) in [4.78, 5) is 3.93. The lowest BCUT2D eigenvalue weighted by atomic mass is 10.1. The molecule has 0 aliphatic rings. The van der Waals surface area contributed by atoms with Crippen molar-refractivity contribution in [3.05, 3.63) is 47.1 Å². The first-order chi connectivity index (χ1) is 9.48. The Labute approximate surface area is 117 Å². The Morgan fingerprint density at radius 2 is 2.10 bits per heavy atom. The summed E-state index contributed by atoms with van der Waals surface area (Å²) in [6, 6.07) is 7.16. The van der Waals surface area contributed by atoms with Crippen molar-refractivity contribution in [2.45, 2.75) is 25.8 Å². The highest BCUT2D eigenvalue weighted by Crippen LogP contribution is 2.08. The van der Waals surface area contributed by atoms with Gasteiger partial charge in [-0.3, -0.25) is 0 Å². The van der Waals surface area contributed by atoms with E-state index in [0.29, 0.717) is 17.9 Å². The maximum absolute atomic E-state index is 11.9. The van der Waals surface area contributed by atoms with Crippen molar-refractivity contribution < 1.29 is 12.9 Å². The standard InChI is InChI=1S/C12H16N4O3S/c1-9-15-12(19-16-9)7-14-20(17,18)8-11-4-2-3-10(5-11)6-13/h2-5,14H,6-8,13H2,1H3. The van der Waals surface area contributed by atoms with Crippen LogP contribution in [0, 0.1) is 6.92 Å². The lowest BCUT2D eigenvalue weighted by molar-refractivity contribution is 0.372. The Morgan fingerprint density at radius 1 is 1.35 bits per heavy atom. The van der Waals surface area contributed by atoms with Gasteiger partial charge in [0.05, 0.1) is 12.3 Å². The molecule has 1 heterocycles. The van der Waals surface area contributed by atoms with E-state index < -0.39 is 10.0 Å². The van der Waals surface area contributed by atoms with Crippen molar-refractivity contribution in [1.29, 1.82) is 0 Å². The van der Waals surface area contributed by atoms with Crippen LogP contribution in [0.2, 0.25) is 0 Å². The van der Waals surface area contributed by atoms with E-state index in [1.807, 2.05) is 6.07 Å². The van der Waals surface area contributed by atoms with Crippen molar-refractivity contribution in [2.75, 3.05) is 0 Å². The molecule has 20 heavy (non-hydrogen) atoms. The fraction of sp³-hybridized carbons (Fsp3) is 0.333. The van der Waals surface area contributed by atoms with Crippen LogP contribution in [0.1, 0.15) is 22.8 Å². The highest BCUT2D eigenvalue weighted by atomic mass is 32.2. The van der Waals surface area contributed by atoms with E-state index in [1.165, 1.54) is 0 Å². The van der Waals surface area contributed by atoms with Gasteiger partial charge < -0.3 is 10.3 Å². The van der Waals surface area contributed by atoms with Gasteiger partial charge in [-0.05, 0) is 18.1 Å². The van der Waals surface area contributed by atoms with Gasteiger partial charge in [-0.15, -0.1) is 0 Å². The fourth-order valence-corrected chi connectivity index (χ4v) is 2.76. The molecule has 8 heteroatoms. The molecule has 2 rings (SSSR count). The molecule has 0 aliphatic heterocycles. The van der Waals surface area contributed by atoms with Crippen LogP contribution in [-0.2, 0) is 28.9 Å². The molecule has 7 nitrogen and oxygen atoms in total. The molecule has 0 saturated carbocycles. The third kappa shape index (κ3) is 4.12. The van der Waals surface area contributed by atoms with Crippen LogP contribution in [0.4, 0.5) is 0 Å². The Balaban J connectivity index is 1.99. The Hall–Kier alpha value is -1.77. The molecular weight excluding hydrogens is 280 g/mol. The third-order valence-corrected chi connectivity index (χ3v) is 3.89. The second-order valence-corrected chi connectivity index (χ2v) is 6.15. The van der Waals surface area contributed by atoms with Crippen molar-refractivity contribution in [1.82, 2.24) is 14.9 Å². The molecule has 0 saturated heterocycles. The lowest BCUT2D eigenvalue weighted by Gasteiger charge is -2.06. The van der Waals surface area contributed by atoms with E-state index in [-0.39, 0.29) is 18.2 Å². The maximum Gasteiger partial charge on any atom is 0.241 e. The summed E-state index contributed by atoms with van der Waals surface area (Å²) in [7, 11) is -3.47. The molecule has 0 fully saturated rings. The van der Waals surface area contributed by atoms with E-state index in [2.05, 4.69) is 14.9 Å². The molecule has 2 aromatic rings. The summed E-state index contributed by atoms with van der Waals surface area (Å²) in [5, 5.41) is 3.59. The van der Waals surface area contributed by atoms with Gasteiger partial charge in [0.15, 0.2) is 5.82 Å². The average Bonchev–Trinajstić information content (AvgIpc) is 2.82. The molecule has 0 radical (unpaired) electrons. The van der Waals surface area contributed by atoms with Crippen molar-refractivity contribution in [3.63, 3.8) is 0 Å². The fourth-order valence-electron chi connectivity index (χ4n) is 1.70. The van der Waals surface area contributed by atoms with Gasteiger partial charge in [0, 0.05) is 6.54 Å². The number of aromatic nitrogens is 2. The summed E-state index contributed by atoms with van der Waals surface area (Å²) < 4.78 is 31.2. The number of hydrogen-bond acceptors (Lipinski definition) is 6. The Bertz CT molecular complexity index is 682. The van der Waals surface area contributed by atoms with Gasteiger partial charge >= 0.3 is 0 Å². The first-order valence-corrected chi connectivity index (χ1v) is 7.68. The highest BCUT2D eigenvalue weighted by molar-refractivity contribution is 7.88. The quantitative estimate of drug-likeness (QED) is 0.801. The van der Waals surface area contributed by atoms with Crippen LogP contribution >= 0.6 is 0 Å². The summed E-state index contributed by atoms with van der Waals surface area (Å²) in [5.41, 5.74) is 7.10. The SMILES string of the molecule is Cc1noc(CNS(=O)(=O)Cc2cccc(CN)c2)n1. The maximum atomic E-state index is 11.9. The minimum absolute atomic E-state index is 0.0141. The Kier molecular flexibility index (Phi) is 4.48. The number of aryl methyl sites for hydroxylation is 1. The summed E-state index contributed by atoms with van der Waals surface area (Å²) >= 11 is 0. The zero-order chi connectivity index (χ0) is 14.6. The molecule has 1 aromatic carbocycles. The number of nitrogens with one attached hydrogen (secondary N) is 1. The predicted molar refractivity (Wildman–Crippen MR) is 72.8 cm³/mol. The van der Waals surface area contributed by atoms with Crippen molar-refractivity contribution in [3.8, 4) is 0 Å². The third-order valence-electron chi connectivity index (χ3n) is 2.60. The van der Waals surface area contributed by atoms with Gasteiger partial charge in [-0.2, -0.15) is 4.98 Å². The van der Waals surface area contributed by atoms with Crippen molar-refractivity contribution >= 4 is 10.0 Å². The predicted octanol–water partition coefficient (Wildman–Crippen LogP) is 0.456. The van der Waals surface area contributed by atoms with E-state index in [1.54, 1.807) is 25.1 Å². The molecule has 3 N–H and O–H groups in total. The van der Waals surface area contributed by atoms with E-state index >= 15 is 0 Å². The smallest absolute Gasteiger partial charge is 0.241 e. The molecule has 0 bridgehead atoms. The number of sulfonamides is 1. The van der Waals surface area contributed by atoms with Crippen LogP contribution in [-0.4, -0.2) is 18.6 Å². The largest absolute Gasteiger partial charge is 0.338 e. The molecule has 0 unspecified atom stereocenters. The molecule has 0 atom stereocenters. The lowest BCUT2D eigenvalue weighted by Crippen LogP contribution is -2.25. The van der Waals surface area contributed by atoms with Gasteiger partial charge in [-0.25, -0.2) is 13.1 Å².